The van der Waals surface area contributed by atoms with Crippen molar-refractivity contribution < 1.29 is 14.9 Å². The molecule has 2 N–H and O–H groups in total. The Morgan fingerprint density at radius 2 is 1.88 bits per heavy atom. The van der Waals surface area contributed by atoms with Crippen LogP contribution in [-0.4, -0.2) is 25.8 Å². The molecule has 5 rings (SSSR count). The van der Waals surface area contributed by atoms with Gasteiger partial charge in [0.2, 0.25) is 0 Å². The number of rotatable bonds is 5. The Kier molecular flexibility index (Phi) is 5.73. The molecule has 1 aromatic carbocycles. The van der Waals surface area contributed by atoms with E-state index in [4.69, 9.17) is 4.74 Å². The lowest BCUT2D eigenvalue weighted by molar-refractivity contribution is -0.207. The second-order valence-electron chi connectivity index (χ2n) is 10.3. The quantitative estimate of drug-likeness (QED) is 0.562. The van der Waals surface area contributed by atoms with Crippen LogP contribution in [0.5, 0.6) is 5.75 Å². The van der Waals surface area contributed by atoms with E-state index in [0.717, 1.165) is 36.3 Å². The Hall–Kier alpha value is -2.76. The van der Waals surface area contributed by atoms with Gasteiger partial charge in [-0.25, -0.2) is 0 Å². The number of benzene rings is 1. The molecule has 0 spiro atoms. The van der Waals surface area contributed by atoms with Crippen LogP contribution in [0.25, 0.3) is 0 Å². The van der Waals surface area contributed by atoms with E-state index in [1.165, 1.54) is 11.1 Å². The van der Waals surface area contributed by atoms with Crippen molar-refractivity contribution in [2.75, 3.05) is 0 Å². The van der Waals surface area contributed by atoms with Crippen LogP contribution in [0.3, 0.4) is 0 Å². The maximum Gasteiger partial charge on any atom is 0.135 e. The van der Waals surface area contributed by atoms with Gasteiger partial charge >= 0.3 is 0 Å². The fourth-order valence-corrected chi connectivity index (χ4v) is 6.48. The highest BCUT2D eigenvalue weighted by atomic mass is 16.5. The molecule has 2 aliphatic rings. The van der Waals surface area contributed by atoms with E-state index in [2.05, 4.69) is 35.1 Å². The van der Waals surface area contributed by atoms with Crippen LogP contribution in [0.1, 0.15) is 67.6 Å². The van der Waals surface area contributed by atoms with E-state index in [9.17, 15) is 10.2 Å². The first-order valence-corrected chi connectivity index (χ1v) is 12.3. The lowest BCUT2D eigenvalue weighted by Gasteiger charge is -2.58. The number of hydrogen-bond donors (Lipinski definition) is 2. The largest absolute Gasteiger partial charge is 0.489 e. The van der Waals surface area contributed by atoms with Crippen LogP contribution in [0.4, 0.5) is 0 Å². The molecular weight excluding hydrogens is 424 g/mol. The summed E-state index contributed by atoms with van der Waals surface area (Å²) in [5, 5.41) is 23.5. The number of nitrogens with zero attached hydrogens (tertiary/aromatic N) is 2. The van der Waals surface area contributed by atoms with E-state index >= 15 is 0 Å². The number of aliphatic hydroxyl groups is 2. The average Bonchev–Trinajstić information content (AvgIpc) is 2.84. The van der Waals surface area contributed by atoms with Crippen molar-refractivity contribution in [2.45, 2.75) is 76.1 Å². The molecule has 0 unspecified atom stereocenters. The van der Waals surface area contributed by atoms with Crippen molar-refractivity contribution in [3.05, 3.63) is 89.0 Å². The fourth-order valence-electron chi connectivity index (χ4n) is 6.48. The second kappa shape index (κ2) is 8.47. The summed E-state index contributed by atoms with van der Waals surface area (Å²) in [4.78, 5) is 8.78. The number of ether oxygens (including phenoxy) is 1. The molecule has 5 nitrogen and oxygen atoms in total. The highest BCUT2D eigenvalue weighted by Crippen LogP contribution is 2.59. The molecular formula is C29H34N2O3. The summed E-state index contributed by atoms with van der Waals surface area (Å²) < 4.78 is 6.14. The molecule has 178 valence electrons. The van der Waals surface area contributed by atoms with Crippen molar-refractivity contribution in [2.24, 2.45) is 5.92 Å². The molecule has 1 fully saturated rings. The first-order valence-electron chi connectivity index (χ1n) is 12.3. The van der Waals surface area contributed by atoms with Crippen LogP contribution < -0.4 is 4.74 Å². The molecule has 0 aliphatic heterocycles. The van der Waals surface area contributed by atoms with Crippen molar-refractivity contribution in [1.82, 2.24) is 9.97 Å². The summed E-state index contributed by atoms with van der Waals surface area (Å²) >= 11 is 0. The molecule has 5 heteroatoms. The predicted molar refractivity (Wildman–Crippen MR) is 132 cm³/mol. The van der Waals surface area contributed by atoms with E-state index in [-0.39, 0.29) is 11.3 Å². The van der Waals surface area contributed by atoms with Crippen LogP contribution in [0.2, 0.25) is 0 Å². The Morgan fingerprint density at radius 3 is 2.62 bits per heavy atom. The van der Waals surface area contributed by atoms with Gasteiger partial charge in [-0.3, -0.25) is 9.97 Å². The first-order chi connectivity index (χ1) is 16.3. The van der Waals surface area contributed by atoms with Crippen LogP contribution in [0.15, 0.2) is 60.9 Å². The highest BCUT2D eigenvalue weighted by Gasteiger charge is 2.61. The summed E-state index contributed by atoms with van der Waals surface area (Å²) in [5.74, 6) is 1.13. The van der Waals surface area contributed by atoms with Gasteiger partial charge in [-0.05, 0) is 93.3 Å². The zero-order valence-electron chi connectivity index (χ0n) is 20.3. The molecule has 2 heterocycles. The summed E-state index contributed by atoms with van der Waals surface area (Å²) in [5.41, 5.74) is 2.37. The molecule has 1 saturated carbocycles. The first kappa shape index (κ1) is 23.0. The predicted octanol–water partition coefficient (Wildman–Crippen LogP) is 5.01. The molecule has 2 aromatic heterocycles. The number of pyridine rings is 2. The van der Waals surface area contributed by atoms with Gasteiger partial charge in [-0.1, -0.05) is 25.1 Å². The van der Waals surface area contributed by atoms with Gasteiger partial charge in [0.25, 0.3) is 0 Å². The number of hydrogen-bond acceptors (Lipinski definition) is 5. The van der Waals surface area contributed by atoms with Gasteiger partial charge in [0, 0.05) is 29.1 Å². The summed E-state index contributed by atoms with van der Waals surface area (Å²) in [6, 6.07) is 15.9. The van der Waals surface area contributed by atoms with Gasteiger partial charge in [0.1, 0.15) is 18.0 Å². The normalized spacial score (nSPS) is 30.3. The zero-order chi connectivity index (χ0) is 24.0. The van der Waals surface area contributed by atoms with Gasteiger partial charge in [0.15, 0.2) is 0 Å². The SMILES string of the molecule is CC[C@@]12C[C@@](C)(O)[C@](O)(c3ccccn3)C[C@H]1CCc1cc(OCc3cccnc3C)ccc12. The maximum absolute atomic E-state index is 11.8. The molecule has 34 heavy (non-hydrogen) atoms. The maximum atomic E-state index is 11.8. The molecule has 4 atom stereocenters. The van der Waals surface area contributed by atoms with Gasteiger partial charge in [-0.15, -0.1) is 0 Å². The van der Waals surface area contributed by atoms with Crippen molar-refractivity contribution in [3.63, 3.8) is 0 Å². The van der Waals surface area contributed by atoms with Gasteiger partial charge < -0.3 is 14.9 Å². The number of aryl methyl sites for hydroxylation is 2. The lowest BCUT2D eigenvalue weighted by Crippen LogP contribution is -2.62. The summed E-state index contributed by atoms with van der Waals surface area (Å²) in [6.07, 6.45) is 7.30. The minimum atomic E-state index is -1.36. The van der Waals surface area contributed by atoms with Crippen LogP contribution >= 0.6 is 0 Å². The highest BCUT2D eigenvalue weighted by molar-refractivity contribution is 5.45. The summed E-state index contributed by atoms with van der Waals surface area (Å²) in [6.45, 7) is 6.47. The van der Waals surface area contributed by atoms with Crippen molar-refractivity contribution in [3.8, 4) is 5.75 Å². The van der Waals surface area contributed by atoms with Crippen molar-refractivity contribution >= 4 is 0 Å². The third-order valence-electron chi connectivity index (χ3n) is 8.48. The fraction of sp³-hybridized carbons (Fsp3) is 0.448. The molecule has 0 bridgehead atoms. The minimum Gasteiger partial charge on any atom is -0.489 e. The Labute approximate surface area is 201 Å². The van der Waals surface area contributed by atoms with E-state index < -0.39 is 11.2 Å². The average molecular weight is 459 g/mol. The van der Waals surface area contributed by atoms with Crippen LogP contribution in [-0.2, 0) is 24.0 Å². The number of fused-ring (bicyclic) bond motifs is 3. The van der Waals surface area contributed by atoms with Crippen LogP contribution in [0, 0.1) is 12.8 Å². The molecule has 3 aromatic rings. The monoisotopic (exact) mass is 458 g/mol. The number of aromatic nitrogens is 2. The van der Waals surface area contributed by atoms with E-state index in [1.54, 1.807) is 19.3 Å². The summed E-state index contributed by atoms with van der Waals surface area (Å²) in [7, 11) is 0. The third-order valence-corrected chi connectivity index (χ3v) is 8.48. The Balaban J connectivity index is 1.45. The minimum absolute atomic E-state index is 0.184. The van der Waals surface area contributed by atoms with E-state index in [0.29, 0.717) is 25.1 Å². The lowest BCUT2D eigenvalue weighted by atomic mass is 9.49. The second-order valence-corrected chi connectivity index (χ2v) is 10.3. The third kappa shape index (κ3) is 3.62. The van der Waals surface area contributed by atoms with Gasteiger partial charge in [-0.2, -0.15) is 0 Å². The Bertz CT molecular complexity index is 1180. The van der Waals surface area contributed by atoms with E-state index in [1.807, 2.05) is 37.3 Å². The smallest absolute Gasteiger partial charge is 0.135 e. The van der Waals surface area contributed by atoms with Crippen molar-refractivity contribution in [1.29, 1.82) is 0 Å². The standard InChI is InChI=1S/C29H34N2O3/c1-4-28-19-27(3,32)29(33,26-9-5-6-14-31-26)17-23(28)11-10-21-16-24(12-13-25(21)28)34-18-22-8-7-15-30-20(22)2/h5-9,12-16,23,32-33H,4,10-11,17-19H2,1-3H3/t23-,27-,28-,29-/m1/s1. The molecule has 2 aliphatic carbocycles. The topological polar surface area (TPSA) is 75.5 Å². The molecule has 0 amide bonds. The molecule has 0 saturated heterocycles. The van der Waals surface area contributed by atoms with Gasteiger partial charge in [0.05, 0.1) is 11.3 Å². The molecule has 0 radical (unpaired) electrons. The Morgan fingerprint density at radius 1 is 1.06 bits per heavy atom. The zero-order valence-corrected chi connectivity index (χ0v) is 20.3.